The molecule has 2 rings (SSSR count). The third-order valence-corrected chi connectivity index (χ3v) is 4.15. The quantitative estimate of drug-likeness (QED) is 0.891. The Bertz CT molecular complexity index is 679. The van der Waals surface area contributed by atoms with Crippen molar-refractivity contribution in [3.8, 4) is 5.75 Å². The highest BCUT2D eigenvalue weighted by Gasteiger charge is 2.16. The highest BCUT2D eigenvalue weighted by Crippen LogP contribution is 2.29. The number of nitrogens with one attached hydrogen (secondary N) is 1. The largest absolute Gasteiger partial charge is 0.497 e. The summed E-state index contributed by atoms with van der Waals surface area (Å²) in [7, 11) is 1.54. The first-order valence-electron chi connectivity index (χ1n) is 6.43. The summed E-state index contributed by atoms with van der Waals surface area (Å²) in [5.41, 5.74) is 6.13. The number of primary amides is 1. The maximum absolute atomic E-state index is 12.2. The van der Waals surface area contributed by atoms with E-state index in [4.69, 9.17) is 10.5 Å². The second kappa shape index (κ2) is 6.41. The lowest BCUT2D eigenvalue weighted by molar-refractivity contribution is 0.100. The number of aryl methyl sites for hydroxylation is 1. The molecule has 2 aromatic rings. The van der Waals surface area contributed by atoms with Crippen LogP contribution in [0.5, 0.6) is 5.75 Å². The molecule has 0 saturated carbocycles. The smallest absolute Gasteiger partial charge is 0.256 e. The van der Waals surface area contributed by atoms with Gasteiger partial charge in [0.2, 0.25) is 0 Å². The van der Waals surface area contributed by atoms with Crippen molar-refractivity contribution in [2.75, 3.05) is 12.4 Å². The fraction of sp³-hybridized carbons (Fsp3) is 0.200. The zero-order valence-electron chi connectivity index (χ0n) is 11.8. The zero-order valence-corrected chi connectivity index (χ0v) is 12.6. The van der Waals surface area contributed by atoms with Crippen LogP contribution in [0.15, 0.2) is 30.3 Å². The maximum atomic E-state index is 12.2. The first kappa shape index (κ1) is 15.1. The average molecular weight is 304 g/mol. The van der Waals surface area contributed by atoms with Crippen LogP contribution in [-0.2, 0) is 6.42 Å². The number of nitrogens with two attached hydrogens (primary N) is 1. The normalized spacial score (nSPS) is 10.2. The monoisotopic (exact) mass is 304 g/mol. The Balaban J connectivity index is 2.26. The molecule has 2 amide bonds. The number of hydrogen-bond acceptors (Lipinski definition) is 4. The van der Waals surface area contributed by atoms with Gasteiger partial charge in [-0.2, -0.15) is 0 Å². The van der Waals surface area contributed by atoms with E-state index < -0.39 is 5.91 Å². The van der Waals surface area contributed by atoms with Crippen molar-refractivity contribution in [2.24, 2.45) is 5.73 Å². The first-order chi connectivity index (χ1) is 10.0. The predicted molar refractivity (Wildman–Crippen MR) is 83.2 cm³/mol. The van der Waals surface area contributed by atoms with E-state index in [1.807, 2.05) is 6.92 Å². The van der Waals surface area contributed by atoms with Crippen molar-refractivity contribution in [2.45, 2.75) is 13.3 Å². The number of carbonyl (C=O) groups is 2. The molecule has 0 unspecified atom stereocenters. The lowest BCUT2D eigenvalue weighted by atomic mass is 10.2. The molecule has 0 bridgehead atoms. The van der Waals surface area contributed by atoms with Crippen molar-refractivity contribution >= 4 is 28.2 Å². The summed E-state index contributed by atoms with van der Waals surface area (Å²) in [6, 6.07) is 8.51. The van der Waals surface area contributed by atoms with Crippen molar-refractivity contribution in [3.05, 3.63) is 46.3 Å². The van der Waals surface area contributed by atoms with E-state index in [0.717, 1.165) is 11.3 Å². The fourth-order valence-electron chi connectivity index (χ4n) is 1.83. The highest BCUT2D eigenvalue weighted by atomic mass is 32.1. The van der Waals surface area contributed by atoms with Crippen LogP contribution in [0.2, 0.25) is 0 Å². The third kappa shape index (κ3) is 3.41. The van der Waals surface area contributed by atoms with E-state index >= 15 is 0 Å². The van der Waals surface area contributed by atoms with Crippen LogP contribution in [0, 0.1) is 0 Å². The van der Waals surface area contributed by atoms with Crippen LogP contribution >= 0.6 is 11.3 Å². The molecule has 21 heavy (non-hydrogen) atoms. The second-order valence-electron chi connectivity index (χ2n) is 4.36. The van der Waals surface area contributed by atoms with Crippen molar-refractivity contribution in [1.29, 1.82) is 0 Å². The Morgan fingerprint density at radius 2 is 2.10 bits per heavy atom. The summed E-state index contributed by atoms with van der Waals surface area (Å²) in [6.45, 7) is 1.98. The Kier molecular flexibility index (Phi) is 4.59. The number of rotatable bonds is 5. The number of anilines is 1. The van der Waals surface area contributed by atoms with Crippen LogP contribution in [0.25, 0.3) is 0 Å². The molecule has 0 aliphatic rings. The van der Waals surface area contributed by atoms with E-state index in [0.29, 0.717) is 21.9 Å². The average Bonchev–Trinajstić information content (AvgIpc) is 2.90. The van der Waals surface area contributed by atoms with Gasteiger partial charge in [-0.25, -0.2) is 0 Å². The predicted octanol–water partition coefficient (Wildman–Crippen LogP) is 2.67. The third-order valence-electron chi connectivity index (χ3n) is 2.96. The molecule has 0 aliphatic heterocycles. The maximum Gasteiger partial charge on any atom is 0.256 e. The van der Waals surface area contributed by atoms with E-state index in [-0.39, 0.29) is 5.91 Å². The van der Waals surface area contributed by atoms with E-state index in [1.54, 1.807) is 30.3 Å². The van der Waals surface area contributed by atoms with Crippen LogP contribution in [0.4, 0.5) is 5.00 Å². The number of ether oxygens (including phenoxy) is 1. The van der Waals surface area contributed by atoms with Gasteiger partial charge in [-0.05, 0) is 30.7 Å². The number of hydrogen-bond donors (Lipinski definition) is 2. The number of carbonyl (C=O) groups excluding carboxylic acids is 2. The van der Waals surface area contributed by atoms with Gasteiger partial charge < -0.3 is 15.8 Å². The minimum Gasteiger partial charge on any atom is -0.497 e. The zero-order chi connectivity index (χ0) is 15.4. The topological polar surface area (TPSA) is 81.4 Å². The molecular formula is C15H16N2O3S. The summed E-state index contributed by atoms with van der Waals surface area (Å²) in [5.74, 6) is -0.258. The van der Waals surface area contributed by atoms with Crippen LogP contribution in [-0.4, -0.2) is 18.9 Å². The molecule has 0 spiro atoms. The van der Waals surface area contributed by atoms with Gasteiger partial charge in [-0.3, -0.25) is 9.59 Å². The van der Waals surface area contributed by atoms with Gasteiger partial charge in [0.1, 0.15) is 10.8 Å². The number of methoxy groups -OCH3 is 1. The molecule has 0 radical (unpaired) electrons. The second-order valence-corrected chi connectivity index (χ2v) is 5.50. The lowest BCUT2D eigenvalue weighted by Gasteiger charge is -2.06. The van der Waals surface area contributed by atoms with Crippen LogP contribution in [0.3, 0.4) is 0 Å². The molecule has 0 saturated heterocycles. The van der Waals surface area contributed by atoms with Crippen molar-refractivity contribution in [1.82, 2.24) is 0 Å². The van der Waals surface area contributed by atoms with Gasteiger partial charge in [0.05, 0.1) is 12.7 Å². The minimum absolute atomic E-state index is 0.305. The first-order valence-corrected chi connectivity index (χ1v) is 7.24. The SMILES string of the molecule is CCc1cc(C(N)=O)c(NC(=O)c2cccc(OC)c2)s1. The molecule has 0 fully saturated rings. The Morgan fingerprint density at radius 3 is 2.71 bits per heavy atom. The molecule has 0 aliphatic carbocycles. The summed E-state index contributed by atoms with van der Waals surface area (Å²) >= 11 is 1.36. The van der Waals surface area contributed by atoms with Crippen LogP contribution < -0.4 is 15.8 Å². The molecule has 1 aromatic carbocycles. The summed E-state index contributed by atoms with van der Waals surface area (Å²) in [6.07, 6.45) is 0.778. The molecule has 0 atom stereocenters. The molecule has 110 valence electrons. The molecular weight excluding hydrogens is 288 g/mol. The molecule has 5 nitrogen and oxygen atoms in total. The molecule has 1 aromatic heterocycles. The van der Waals surface area contributed by atoms with Gasteiger partial charge in [0, 0.05) is 10.4 Å². The summed E-state index contributed by atoms with van der Waals surface area (Å²) in [4.78, 5) is 24.7. The molecule has 6 heteroatoms. The van der Waals surface area contributed by atoms with Gasteiger partial charge >= 0.3 is 0 Å². The van der Waals surface area contributed by atoms with Gasteiger partial charge in [-0.15, -0.1) is 11.3 Å². The Morgan fingerprint density at radius 1 is 1.33 bits per heavy atom. The van der Waals surface area contributed by atoms with Crippen LogP contribution in [0.1, 0.15) is 32.5 Å². The number of amides is 2. The van der Waals surface area contributed by atoms with E-state index in [9.17, 15) is 9.59 Å². The summed E-state index contributed by atoms with van der Waals surface area (Å²) < 4.78 is 5.09. The van der Waals surface area contributed by atoms with E-state index in [1.165, 1.54) is 18.4 Å². The lowest BCUT2D eigenvalue weighted by Crippen LogP contribution is -2.16. The molecule has 3 N–H and O–H groups in total. The Hall–Kier alpha value is -2.34. The van der Waals surface area contributed by atoms with Gasteiger partial charge in [-0.1, -0.05) is 13.0 Å². The van der Waals surface area contributed by atoms with Crippen molar-refractivity contribution in [3.63, 3.8) is 0 Å². The van der Waals surface area contributed by atoms with Gasteiger partial charge in [0.25, 0.3) is 11.8 Å². The summed E-state index contributed by atoms with van der Waals surface area (Å²) in [5, 5.41) is 3.22. The standard InChI is InChI=1S/C15H16N2O3S/c1-3-11-8-12(13(16)18)15(21-11)17-14(19)9-5-4-6-10(7-9)20-2/h4-8H,3H2,1-2H3,(H2,16,18)(H,17,19). The van der Waals surface area contributed by atoms with Crippen molar-refractivity contribution < 1.29 is 14.3 Å². The highest BCUT2D eigenvalue weighted by molar-refractivity contribution is 7.16. The van der Waals surface area contributed by atoms with E-state index in [2.05, 4.69) is 5.32 Å². The Labute approximate surface area is 126 Å². The van der Waals surface area contributed by atoms with Gasteiger partial charge in [0.15, 0.2) is 0 Å². The fourth-order valence-corrected chi connectivity index (χ4v) is 2.83. The minimum atomic E-state index is -0.549. The molecule has 1 heterocycles. The number of thiophene rings is 1. The number of benzene rings is 1.